The molecule has 3 rings (SSSR count). The summed E-state index contributed by atoms with van der Waals surface area (Å²) in [5, 5.41) is 11.8. The number of carbonyl (C=O) groups excluding carboxylic acids is 3. The van der Waals surface area contributed by atoms with E-state index in [1.807, 2.05) is 19.9 Å². The molecule has 0 spiro atoms. The Morgan fingerprint density at radius 2 is 1.90 bits per heavy atom. The zero-order valence-corrected chi connectivity index (χ0v) is 18.2. The molecule has 1 fully saturated rings. The third-order valence-corrected chi connectivity index (χ3v) is 6.81. The number of β-lactam (4-membered cyclic amide) rings is 1. The SMILES string of the molecule is CCN(CC)C(=O)CC1=C(C(=O)O)N2C(=O)[C@@H](NC(=O)[C@@H](N)c3ccccc3)[C@@H]2SC1. The van der Waals surface area contributed by atoms with E-state index in [0.29, 0.717) is 30.0 Å². The number of nitrogens with one attached hydrogen (secondary N) is 1. The van der Waals surface area contributed by atoms with Crippen molar-refractivity contribution in [1.82, 2.24) is 15.1 Å². The van der Waals surface area contributed by atoms with E-state index in [4.69, 9.17) is 5.73 Å². The molecule has 2 aliphatic rings. The molecular weight excluding hydrogens is 420 g/mol. The van der Waals surface area contributed by atoms with E-state index in [2.05, 4.69) is 5.32 Å². The van der Waals surface area contributed by atoms with Gasteiger partial charge in [-0.1, -0.05) is 30.3 Å². The number of nitrogens with zero attached hydrogens (tertiary/aromatic N) is 2. The first kappa shape index (κ1) is 22.8. The molecule has 0 bridgehead atoms. The number of thioether (sulfide) groups is 1. The Morgan fingerprint density at radius 1 is 1.26 bits per heavy atom. The summed E-state index contributed by atoms with van der Waals surface area (Å²) < 4.78 is 0. The summed E-state index contributed by atoms with van der Waals surface area (Å²) in [6.45, 7) is 4.76. The molecule has 0 aliphatic carbocycles. The van der Waals surface area contributed by atoms with Crippen LogP contribution >= 0.6 is 11.8 Å². The molecule has 10 heteroatoms. The number of hydrogen-bond donors (Lipinski definition) is 3. The molecule has 0 radical (unpaired) electrons. The van der Waals surface area contributed by atoms with Crippen LogP contribution in [-0.4, -0.2) is 68.9 Å². The number of amides is 3. The van der Waals surface area contributed by atoms with Gasteiger partial charge in [0.2, 0.25) is 11.8 Å². The third-order valence-electron chi connectivity index (χ3n) is 5.47. The Morgan fingerprint density at radius 3 is 2.48 bits per heavy atom. The van der Waals surface area contributed by atoms with Crippen molar-refractivity contribution >= 4 is 35.5 Å². The summed E-state index contributed by atoms with van der Waals surface area (Å²) in [6.07, 6.45) is -0.0529. The minimum atomic E-state index is -1.26. The van der Waals surface area contributed by atoms with Gasteiger partial charge in [0.1, 0.15) is 23.2 Å². The molecule has 166 valence electrons. The largest absolute Gasteiger partial charge is 0.477 e. The molecule has 3 amide bonds. The van der Waals surface area contributed by atoms with Crippen molar-refractivity contribution in [3.8, 4) is 0 Å². The Labute approximate surface area is 184 Å². The molecular formula is C21H26N4O5S. The van der Waals surface area contributed by atoms with Gasteiger partial charge in [-0.05, 0) is 25.0 Å². The summed E-state index contributed by atoms with van der Waals surface area (Å²) >= 11 is 1.33. The second-order valence-electron chi connectivity index (χ2n) is 7.28. The maximum atomic E-state index is 12.7. The molecule has 0 unspecified atom stereocenters. The van der Waals surface area contributed by atoms with Crippen LogP contribution < -0.4 is 11.1 Å². The number of fused-ring (bicyclic) bond motifs is 1. The van der Waals surface area contributed by atoms with Crippen LogP contribution in [0.25, 0.3) is 0 Å². The van der Waals surface area contributed by atoms with Gasteiger partial charge in [-0.25, -0.2) is 4.79 Å². The number of nitrogens with two attached hydrogens (primary N) is 1. The molecule has 31 heavy (non-hydrogen) atoms. The summed E-state index contributed by atoms with van der Waals surface area (Å²) in [6, 6.07) is 6.98. The summed E-state index contributed by atoms with van der Waals surface area (Å²) in [5.74, 6) is -2.17. The molecule has 2 heterocycles. The van der Waals surface area contributed by atoms with Crippen LogP contribution in [0, 0.1) is 0 Å². The third kappa shape index (κ3) is 4.45. The quantitative estimate of drug-likeness (QED) is 0.500. The Balaban J connectivity index is 1.74. The van der Waals surface area contributed by atoms with Crippen LogP contribution in [0.4, 0.5) is 0 Å². The van der Waals surface area contributed by atoms with Crippen LogP contribution in [0.15, 0.2) is 41.6 Å². The first-order valence-corrected chi connectivity index (χ1v) is 11.1. The van der Waals surface area contributed by atoms with Crippen LogP contribution in [0.5, 0.6) is 0 Å². The predicted octanol–water partition coefficient (Wildman–Crippen LogP) is 0.684. The van der Waals surface area contributed by atoms with Gasteiger partial charge in [-0.3, -0.25) is 19.3 Å². The molecule has 2 aliphatic heterocycles. The zero-order valence-electron chi connectivity index (χ0n) is 17.4. The summed E-state index contributed by atoms with van der Waals surface area (Å²) in [5.41, 5.74) is 6.86. The topological polar surface area (TPSA) is 133 Å². The van der Waals surface area contributed by atoms with Crippen molar-refractivity contribution < 1.29 is 24.3 Å². The number of carboxylic acid groups (broad SMARTS) is 1. The highest BCUT2D eigenvalue weighted by atomic mass is 32.2. The standard InChI is InChI=1S/C21H26N4O5S/c1-3-24(4-2)14(26)10-13-11-31-20-16(19(28)25(20)17(13)21(29)30)23-18(27)15(22)12-8-6-5-7-9-12/h5-9,15-16,20H,3-4,10-11,22H2,1-2H3,(H,23,27)(H,29,30)/t15-,16+,20-/m0/s1. The predicted molar refractivity (Wildman–Crippen MR) is 116 cm³/mol. The summed E-state index contributed by atoms with van der Waals surface area (Å²) in [4.78, 5) is 52.5. The molecule has 4 N–H and O–H groups in total. The minimum absolute atomic E-state index is 0.0529. The number of benzene rings is 1. The van der Waals surface area contributed by atoms with Crippen LogP contribution in [0.3, 0.4) is 0 Å². The molecule has 1 aromatic carbocycles. The lowest BCUT2D eigenvalue weighted by molar-refractivity contribution is -0.151. The van der Waals surface area contributed by atoms with Gasteiger partial charge in [0.15, 0.2) is 0 Å². The van der Waals surface area contributed by atoms with Crippen LogP contribution in [0.1, 0.15) is 31.9 Å². The minimum Gasteiger partial charge on any atom is -0.477 e. The van der Waals surface area contributed by atoms with Gasteiger partial charge in [0.05, 0.1) is 6.42 Å². The Kier molecular flexibility index (Phi) is 7.01. The normalized spacial score (nSPS) is 21.1. The first-order valence-electron chi connectivity index (χ1n) is 10.1. The molecule has 9 nitrogen and oxygen atoms in total. The van der Waals surface area contributed by atoms with E-state index in [9.17, 15) is 24.3 Å². The Hall–Kier alpha value is -2.85. The highest BCUT2D eigenvalue weighted by Gasteiger charge is 2.54. The van der Waals surface area contributed by atoms with E-state index in [1.165, 1.54) is 16.7 Å². The summed E-state index contributed by atoms with van der Waals surface area (Å²) in [7, 11) is 0. The smallest absolute Gasteiger partial charge is 0.352 e. The lowest BCUT2D eigenvalue weighted by atomic mass is 10.00. The molecule has 0 aromatic heterocycles. The van der Waals surface area contributed by atoms with Gasteiger partial charge in [-0.2, -0.15) is 0 Å². The average molecular weight is 447 g/mol. The number of rotatable bonds is 8. The molecule has 1 saturated heterocycles. The fourth-order valence-corrected chi connectivity index (χ4v) is 5.09. The molecule has 1 aromatic rings. The van der Waals surface area contributed by atoms with E-state index in [0.717, 1.165) is 0 Å². The maximum absolute atomic E-state index is 12.7. The van der Waals surface area contributed by atoms with Crippen molar-refractivity contribution in [3.63, 3.8) is 0 Å². The van der Waals surface area contributed by atoms with Crippen molar-refractivity contribution in [2.45, 2.75) is 37.7 Å². The number of aliphatic carboxylic acids is 1. The molecule has 0 saturated carbocycles. The fraction of sp³-hybridized carbons (Fsp3) is 0.429. The van der Waals surface area contributed by atoms with Crippen molar-refractivity contribution in [1.29, 1.82) is 0 Å². The monoisotopic (exact) mass is 446 g/mol. The van der Waals surface area contributed by atoms with E-state index in [-0.39, 0.29) is 18.0 Å². The van der Waals surface area contributed by atoms with E-state index < -0.39 is 35.2 Å². The van der Waals surface area contributed by atoms with Gasteiger partial charge in [-0.15, -0.1) is 11.8 Å². The van der Waals surface area contributed by atoms with Gasteiger partial charge < -0.3 is 21.1 Å². The number of carbonyl (C=O) groups is 4. The van der Waals surface area contributed by atoms with Gasteiger partial charge in [0.25, 0.3) is 5.91 Å². The van der Waals surface area contributed by atoms with Gasteiger partial charge >= 0.3 is 5.97 Å². The maximum Gasteiger partial charge on any atom is 0.352 e. The van der Waals surface area contributed by atoms with Crippen molar-refractivity contribution in [2.24, 2.45) is 5.73 Å². The number of carboxylic acids is 1. The Bertz CT molecular complexity index is 916. The van der Waals surface area contributed by atoms with Crippen LogP contribution in [-0.2, 0) is 19.2 Å². The highest BCUT2D eigenvalue weighted by Crippen LogP contribution is 2.41. The van der Waals surface area contributed by atoms with E-state index >= 15 is 0 Å². The first-order chi connectivity index (χ1) is 14.8. The van der Waals surface area contributed by atoms with Crippen LogP contribution in [0.2, 0.25) is 0 Å². The van der Waals surface area contributed by atoms with Crippen molar-refractivity contribution in [3.05, 3.63) is 47.2 Å². The highest BCUT2D eigenvalue weighted by molar-refractivity contribution is 8.00. The van der Waals surface area contributed by atoms with Crippen molar-refractivity contribution in [2.75, 3.05) is 18.8 Å². The van der Waals surface area contributed by atoms with Gasteiger partial charge in [0, 0.05) is 18.8 Å². The average Bonchev–Trinajstić information content (AvgIpc) is 2.77. The zero-order chi connectivity index (χ0) is 22.7. The lowest BCUT2D eigenvalue weighted by Crippen LogP contribution is -2.71. The number of hydrogen-bond acceptors (Lipinski definition) is 6. The lowest BCUT2D eigenvalue weighted by Gasteiger charge is -2.49. The molecule has 3 atom stereocenters. The van der Waals surface area contributed by atoms with E-state index in [1.54, 1.807) is 29.2 Å². The second-order valence-corrected chi connectivity index (χ2v) is 8.39. The fourth-order valence-electron chi connectivity index (χ4n) is 3.74. The second kappa shape index (κ2) is 9.52.